The van der Waals surface area contributed by atoms with Gasteiger partial charge in [0, 0.05) is 11.9 Å². The van der Waals surface area contributed by atoms with E-state index in [-0.39, 0.29) is 5.41 Å². The maximum absolute atomic E-state index is 12.3. The molecule has 2 rings (SSSR count). The number of hydrogen-bond acceptors (Lipinski definition) is 2. The summed E-state index contributed by atoms with van der Waals surface area (Å²) >= 11 is 3.43. The van der Waals surface area contributed by atoms with Crippen molar-refractivity contribution in [3.8, 4) is 0 Å². The molecule has 0 amide bonds. The Morgan fingerprint density at radius 2 is 2.00 bits per heavy atom. The van der Waals surface area contributed by atoms with E-state index >= 15 is 0 Å². The van der Waals surface area contributed by atoms with Gasteiger partial charge in [-0.3, -0.25) is 0 Å². The molecule has 1 aromatic carbocycles. The maximum Gasteiger partial charge on any atom is 0.240 e. The average molecular weight is 346 g/mol. The molecule has 19 heavy (non-hydrogen) atoms. The minimum Gasteiger partial charge on any atom is -0.211 e. The van der Waals surface area contributed by atoms with E-state index in [0.717, 1.165) is 35.7 Å². The fourth-order valence-corrected chi connectivity index (χ4v) is 4.54. The van der Waals surface area contributed by atoms with Crippen molar-refractivity contribution in [3.05, 3.63) is 29.3 Å². The van der Waals surface area contributed by atoms with Crippen LogP contribution in [0.4, 0.5) is 0 Å². The summed E-state index contributed by atoms with van der Waals surface area (Å²) in [5.74, 6) is 0. The average Bonchev–Trinajstić information content (AvgIpc) is 3.07. The van der Waals surface area contributed by atoms with Gasteiger partial charge in [-0.2, -0.15) is 0 Å². The second-order valence-corrected chi connectivity index (χ2v) is 8.06. The number of nitrogens with one attached hydrogen (secondary N) is 1. The van der Waals surface area contributed by atoms with Crippen LogP contribution in [0.2, 0.25) is 0 Å². The number of sulfonamides is 1. The lowest BCUT2D eigenvalue weighted by Crippen LogP contribution is -2.31. The van der Waals surface area contributed by atoms with Gasteiger partial charge in [0.05, 0.1) is 4.90 Å². The monoisotopic (exact) mass is 345 g/mol. The van der Waals surface area contributed by atoms with Crippen molar-refractivity contribution in [2.75, 3.05) is 11.9 Å². The van der Waals surface area contributed by atoms with Gasteiger partial charge in [0.25, 0.3) is 0 Å². The third-order valence-corrected chi connectivity index (χ3v) is 5.80. The van der Waals surface area contributed by atoms with Gasteiger partial charge in [-0.25, -0.2) is 13.1 Å². The Morgan fingerprint density at radius 1 is 1.32 bits per heavy atom. The first-order chi connectivity index (χ1) is 8.88. The second kappa shape index (κ2) is 5.54. The molecular weight excluding hydrogens is 326 g/mol. The van der Waals surface area contributed by atoms with E-state index in [1.807, 2.05) is 26.0 Å². The van der Waals surface area contributed by atoms with Crippen molar-refractivity contribution >= 4 is 26.0 Å². The summed E-state index contributed by atoms with van der Waals surface area (Å²) in [6, 6.07) is 5.43. The molecular formula is C14H20BrNO2S. The van der Waals surface area contributed by atoms with Gasteiger partial charge in [0.15, 0.2) is 0 Å². The highest BCUT2D eigenvalue weighted by atomic mass is 79.9. The SMILES string of the molecule is Cc1ccc(S(=O)(=O)NCC2(CCBr)CC2)c(C)c1. The maximum atomic E-state index is 12.3. The molecule has 1 aliphatic carbocycles. The van der Waals surface area contributed by atoms with E-state index in [2.05, 4.69) is 20.7 Å². The van der Waals surface area contributed by atoms with Crippen molar-refractivity contribution in [2.24, 2.45) is 5.41 Å². The molecule has 106 valence electrons. The second-order valence-electron chi connectivity index (χ2n) is 5.53. The third kappa shape index (κ3) is 3.58. The summed E-state index contributed by atoms with van der Waals surface area (Å²) in [5.41, 5.74) is 2.07. The molecule has 1 fully saturated rings. The van der Waals surface area contributed by atoms with Gasteiger partial charge in [0.1, 0.15) is 0 Å². The zero-order valence-electron chi connectivity index (χ0n) is 11.4. The minimum absolute atomic E-state index is 0.190. The fourth-order valence-electron chi connectivity index (χ4n) is 2.32. The zero-order chi connectivity index (χ0) is 14.1. The van der Waals surface area contributed by atoms with Crippen LogP contribution < -0.4 is 4.72 Å². The molecule has 1 aliphatic rings. The summed E-state index contributed by atoms with van der Waals surface area (Å²) in [4.78, 5) is 0.396. The summed E-state index contributed by atoms with van der Waals surface area (Å²) in [5, 5.41) is 0.929. The Balaban J connectivity index is 2.10. The first-order valence-electron chi connectivity index (χ1n) is 6.51. The summed E-state index contributed by atoms with van der Waals surface area (Å²) in [7, 11) is -3.38. The van der Waals surface area contributed by atoms with Crippen LogP contribution in [0.5, 0.6) is 0 Å². The van der Waals surface area contributed by atoms with Crippen LogP contribution >= 0.6 is 15.9 Å². The Bertz CT molecular complexity index is 565. The first kappa shape index (κ1) is 15.0. The number of rotatable bonds is 6. The van der Waals surface area contributed by atoms with E-state index < -0.39 is 10.0 Å². The molecule has 0 aliphatic heterocycles. The molecule has 0 unspecified atom stereocenters. The van der Waals surface area contributed by atoms with Crippen LogP contribution in [-0.4, -0.2) is 20.3 Å². The zero-order valence-corrected chi connectivity index (χ0v) is 13.8. The normalized spacial score (nSPS) is 17.4. The van der Waals surface area contributed by atoms with Crippen LogP contribution in [0, 0.1) is 19.3 Å². The molecule has 1 N–H and O–H groups in total. The van der Waals surface area contributed by atoms with Gasteiger partial charge in [0.2, 0.25) is 10.0 Å². The van der Waals surface area contributed by atoms with Crippen molar-refractivity contribution in [1.29, 1.82) is 0 Å². The lowest BCUT2D eigenvalue weighted by Gasteiger charge is -2.15. The molecule has 0 radical (unpaired) electrons. The van der Waals surface area contributed by atoms with Gasteiger partial charge in [-0.05, 0) is 50.2 Å². The molecule has 0 heterocycles. The molecule has 1 aromatic rings. The lowest BCUT2D eigenvalue weighted by atomic mass is 10.1. The van der Waals surface area contributed by atoms with E-state index in [0.29, 0.717) is 11.4 Å². The Morgan fingerprint density at radius 3 is 2.53 bits per heavy atom. The third-order valence-electron chi connectivity index (χ3n) is 3.84. The predicted octanol–water partition coefficient (Wildman–Crippen LogP) is 3.15. The summed E-state index contributed by atoms with van der Waals surface area (Å²) in [6.07, 6.45) is 3.27. The number of alkyl halides is 1. The molecule has 1 saturated carbocycles. The summed E-state index contributed by atoms with van der Waals surface area (Å²) < 4.78 is 27.4. The van der Waals surface area contributed by atoms with Crippen LogP contribution in [0.3, 0.4) is 0 Å². The topological polar surface area (TPSA) is 46.2 Å². The Hall–Kier alpha value is -0.390. The molecule has 0 spiro atoms. The molecule has 0 aromatic heterocycles. The van der Waals surface area contributed by atoms with Crippen LogP contribution in [0.25, 0.3) is 0 Å². The molecule has 0 bridgehead atoms. The van der Waals surface area contributed by atoms with Crippen molar-refractivity contribution in [2.45, 2.75) is 38.0 Å². The Labute approximate surface area is 124 Å². The van der Waals surface area contributed by atoms with E-state index in [1.54, 1.807) is 6.07 Å². The number of halogens is 1. The lowest BCUT2D eigenvalue weighted by molar-refractivity contribution is 0.480. The van der Waals surface area contributed by atoms with Gasteiger partial charge in [-0.1, -0.05) is 33.6 Å². The van der Waals surface area contributed by atoms with Crippen LogP contribution in [-0.2, 0) is 10.0 Å². The molecule has 5 heteroatoms. The first-order valence-corrected chi connectivity index (χ1v) is 9.12. The summed E-state index contributed by atoms with van der Waals surface area (Å²) in [6.45, 7) is 4.35. The minimum atomic E-state index is -3.38. The molecule has 0 saturated heterocycles. The smallest absolute Gasteiger partial charge is 0.211 e. The van der Waals surface area contributed by atoms with Crippen molar-refractivity contribution < 1.29 is 8.42 Å². The number of benzene rings is 1. The highest BCUT2D eigenvalue weighted by Gasteiger charge is 2.42. The quantitative estimate of drug-likeness (QED) is 0.805. The van der Waals surface area contributed by atoms with E-state index in [4.69, 9.17) is 0 Å². The molecule has 0 atom stereocenters. The largest absolute Gasteiger partial charge is 0.240 e. The number of hydrogen-bond donors (Lipinski definition) is 1. The predicted molar refractivity (Wildman–Crippen MR) is 81.2 cm³/mol. The van der Waals surface area contributed by atoms with Crippen molar-refractivity contribution in [1.82, 2.24) is 4.72 Å². The highest BCUT2D eigenvalue weighted by molar-refractivity contribution is 9.09. The fraction of sp³-hybridized carbons (Fsp3) is 0.571. The van der Waals surface area contributed by atoms with E-state index in [1.165, 1.54) is 0 Å². The standard InChI is InChI=1S/C14H20BrNO2S/c1-11-3-4-13(12(2)9-11)19(17,18)16-10-14(5-6-14)7-8-15/h3-4,9,16H,5-8,10H2,1-2H3. The number of aryl methyl sites for hydroxylation is 2. The van der Waals surface area contributed by atoms with Crippen molar-refractivity contribution in [3.63, 3.8) is 0 Å². The molecule has 3 nitrogen and oxygen atoms in total. The van der Waals surface area contributed by atoms with Crippen LogP contribution in [0.15, 0.2) is 23.1 Å². The van der Waals surface area contributed by atoms with E-state index in [9.17, 15) is 8.42 Å². The van der Waals surface area contributed by atoms with Gasteiger partial charge < -0.3 is 0 Å². The highest BCUT2D eigenvalue weighted by Crippen LogP contribution is 2.48. The van der Waals surface area contributed by atoms with Gasteiger partial charge >= 0.3 is 0 Å². The Kier molecular flexibility index (Phi) is 4.38. The van der Waals surface area contributed by atoms with Crippen LogP contribution in [0.1, 0.15) is 30.4 Å². The van der Waals surface area contributed by atoms with Gasteiger partial charge in [-0.15, -0.1) is 0 Å².